The lowest BCUT2D eigenvalue weighted by Crippen LogP contribution is -1.65. The highest BCUT2D eigenvalue weighted by molar-refractivity contribution is 5.61. The molecule has 0 bridgehead atoms. The Labute approximate surface area is 65.1 Å². The van der Waals surface area contributed by atoms with Gasteiger partial charge >= 0.3 is 5.75 Å². The zero-order valence-corrected chi connectivity index (χ0v) is 6.32. The number of nitroso groups, excluding NO2 is 1. The van der Waals surface area contributed by atoms with Gasteiger partial charge < -0.3 is 0 Å². The van der Waals surface area contributed by atoms with Crippen LogP contribution in [0.15, 0.2) is 34.4 Å². The van der Waals surface area contributed by atoms with Gasteiger partial charge in [0.2, 0.25) is 0 Å². The average Bonchev–Trinajstić information content (AvgIpc) is 2.06. The van der Waals surface area contributed by atoms with Crippen molar-refractivity contribution in [3.05, 3.63) is 28.8 Å². The van der Waals surface area contributed by atoms with Gasteiger partial charge in [0.15, 0.2) is 5.69 Å². The summed E-state index contributed by atoms with van der Waals surface area (Å²) in [6.07, 6.45) is 0. The first kappa shape index (κ1) is 7.60. The molecule has 0 saturated heterocycles. The highest BCUT2D eigenvalue weighted by Crippen LogP contribution is 2.27. The molecule has 1 aromatic rings. The molecule has 0 aliphatic heterocycles. The molecule has 1 aromatic carbocycles. The Morgan fingerprint density at radius 2 is 2.09 bits per heavy atom. The summed E-state index contributed by atoms with van der Waals surface area (Å²) in [7, 11) is 1.57. The van der Waals surface area contributed by atoms with Crippen molar-refractivity contribution >= 4 is 12.4 Å². The number of hydrogen-bond acceptors (Lipinski definition) is 2. The molecule has 0 aromatic heterocycles. The number of rotatable bonds is 2. The summed E-state index contributed by atoms with van der Waals surface area (Å²) in [5.74, 6) is 0.630. The molecule has 0 aliphatic carbocycles. The predicted molar refractivity (Wildman–Crippen MR) is 46.8 cm³/mol. The van der Waals surface area contributed by atoms with Crippen LogP contribution < -0.4 is 0 Å². The zero-order chi connectivity index (χ0) is 8.10. The van der Waals surface area contributed by atoms with E-state index in [4.69, 9.17) is 4.54 Å². The van der Waals surface area contributed by atoms with E-state index in [2.05, 4.69) is 16.9 Å². The molecule has 11 heavy (non-hydrogen) atoms. The van der Waals surface area contributed by atoms with Gasteiger partial charge in [-0.15, -0.1) is 0 Å². The van der Waals surface area contributed by atoms with E-state index in [1.54, 1.807) is 13.1 Å². The van der Waals surface area contributed by atoms with E-state index in [1.165, 1.54) is 0 Å². The fraction of sp³-hybridized carbons (Fsp3) is 0.125. The fourth-order valence-electron chi connectivity index (χ4n) is 0.763. The summed E-state index contributed by atoms with van der Waals surface area (Å²) in [6, 6.07) is 7.33. The molecular formula is C8H9N2O+. The number of nitrogens with zero attached hydrogens (tertiary/aromatic N) is 2. The molecule has 56 valence electrons. The van der Waals surface area contributed by atoms with Crippen LogP contribution in [-0.4, -0.2) is 13.8 Å². The summed E-state index contributed by atoms with van der Waals surface area (Å²) in [5.41, 5.74) is 0.707. The highest BCUT2D eigenvalue weighted by Gasteiger charge is 2.08. The number of para-hydroxylation sites is 2. The van der Waals surface area contributed by atoms with Crippen LogP contribution in [0.5, 0.6) is 5.75 Å². The second kappa shape index (κ2) is 3.61. The number of aliphatic imine (C=N–C) groups is 1. The first-order valence-corrected chi connectivity index (χ1v) is 3.20. The third-order valence-corrected chi connectivity index (χ3v) is 1.23. The normalized spacial score (nSPS) is 10.3. The molecule has 0 radical (unpaired) electrons. The molecule has 3 heteroatoms. The van der Waals surface area contributed by atoms with Crippen molar-refractivity contribution in [1.82, 2.24) is 0 Å². The molecule has 0 amide bonds. The van der Waals surface area contributed by atoms with Crippen molar-refractivity contribution in [2.45, 2.75) is 0 Å². The van der Waals surface area contributed by atoms with E-state index >= 15 is 0 Å². The Morgan fingerprint density at radius 1 is 1.36 bits per heavy atom. The van der Waals surface area contributed by atoms with Crippen LogP contribution in [0.4, 0.5) is 5.69 Å². The van der Waals surface area contributed by atoms with Gasteiger partial charge in [0.1, 0.15) is 12.2 Å². The van der Waals surface area contributed by atoms with Gasteiger partial charge in [-0.25, -0.2) is 0 Å². The largest absolute Gasteiger partial charge is 0.424 e. The van der Waals surface area contributed by atoms with Gasteiger partial charge in [0.25, 0.3) is 0 Å². The van der Waals surface area contributed by atoms with Gasteiger partial charge in [0.05, 0.1) is 6.07 Å². The Balaban J connectivity index is 3.11. The summed E-state index contributed by atoms with van der Waals surface area (Å²) in [5, 5.41) is 3.53. The molecule has 0 N–H and O–H groups in total. The number of hydrogen-bond donors (Lipinski definition) is 0. The lowest BCUT2D eigenvalue weighted by molar-refractivity contribution is 1.35. The van der Waals surface area contributed by atoms with Crippen LogP contribution in [0.2, 0.25) is 0 Å². The molecule has 0 spiro atoms. The maximum Gasteiger partial charge on any atom is 0.424 e. The molecule has 3 nitrogen and oxygen atoms in total. The molecule has 0 heterocycles. The first-order valence-electron chi connectivity index (χ1n) is 3.20. The first-order chi connectivity index (χ1) is 5.38. The molecular weight excluding hydrogens is 140 g/mol. The van der Waals surface area contributed by atoms with Crippen molar-refractivity contribution < 1.29 is 0 Å². The smallest absolute Gasteiger partial charge is 0.255 e. The molecule has 0 unspecified atom stereocenters. The topological polar surface area (TPSA) is 36.0 Å². The summed E-state index contributed by atoms with van der Waals surface area (Å²) < 4.78 is 4.92. The van der Waals surface area contributed by atoms with Gasteiger partial charge in [-0.2, -0.15) is 0 Å². The Kier molecular flexibility index (Phi) is 2.49. The van der Waals surface area contributed by atoms with E-state index in [0.717, 1.165) is 0 Å². The molecule has 1 rings (SSSR count). The lowest BCUT2D eigenvalue weighted by Gasteiger charge is -1.84. The minimum absolute atomic E-state index is 0.630. The standard InChI is InChI=1S/C8H9N2O/c1-9-7-5-3-4-6-8(7)11-10-2/h3-6H,1H2,2H3/q+1. The van der Waals surface area contributed by atoms with E-state index in [-0.39, 0.29) is 0 Å². The zero-order valence-electron chi connectivity index (χ0n) is 6.32. The van der Waals surface area contributed by atoms with Crippen molar-refractivity contribution in [2.24, 2.45) is 10.2 Å². The highest BCUT2D eigenvalue weighted by atomic mass is 16.5. The quantitative estimate of drug-likeness (QED) is 0.458. The van der Waals surface area contributed by atoms with Crippen molar-refractivity contribution in [3.8, 4) is 5.75 Å². The second-order valence-corrected chi connectivity index (χ2v) is 1.90. The van der Waals surface area contributed by atoms with Crippen LogP contribution in [0.3, 0.4) is 0 Å². The fourth-order valence-corrected chi connectivity index (χ4v) is 0.763. The lowest BCUT2D eigenvalue weighted by atomic mass is 10.3. The van der Waals surface area contributed by atoms with Crippen LogP contribution in [0.1, 0.15) is 0 Å². The predicted octanol–water partition coefficient (Wildman–Crippen LogP) is 2.66. The van der Waals surface area contributed by atoms with Gasteiger partial charge in [0, 0.05) is 0 Å². The maximum atomic E-state index is 4.92. The molecule has 0 aliphatic rings. The Morgan fingerprint density at radius 3 is 2.73 bits per heavy atom. The Hall–Kier alpha value is -1.51. The summed E-state index contributed by atoms with van der Waals surface area (Å²) in [6.45, 7) is 3.40. The Bertz CT molecular complexity index is 281. The van der Waals surface area contributed by atoms with E-state index in [0.29, 0.717) is 11.4 Å². The van der Waals surface area contributed by atoms with Gasteiger partial charge in [-0.3, -0.25) is 4.99 Å². The van der Waals surface area contributed by atoms with Crippen molar-refractivity contribution in [3.63, 3.8) is 0 Å². The van der Waals surface area contributed by atoms with E-state index in [1.807, 2.05) is 18.2 Å². The van der Waals surface area contributed by atoms with Crippen molar-refractivity contribution in [1.29, 1.82) is 0 Å². The van der Waals surface area contributed by atoms with Crippen LogP contribution in [-0.2, 0) is 0 Å². The van der Waals surface area contributed by atoms with Crippen LogP contribution in [0.25, 0.3) is 0 Å². The van der Waals surface area contributed by atoms with E-state index < -0.39 is 0 Å². The SMILES string of the molecule is C=Nc1ccccc1[O+]=NC. The third-order valence-electron chi connectivity index (χ3n) is 1.23. The number of benzene rings is 1. The van der Waals surface area contributed by atoms with Gasteiger partial charge in [-0.05, 0) is 12.8 Å². The second-order valence-electron chi connectivity index (χ2n) is 1.90. The maximum absolute atomic E-state index is 4.92. The van der Waals surface area contributed by atoms with Crippen LogP contribution in [0, 0.1) is 4.54 Å². The van der Waals surface area contributed by atoms with Crippen molar-refractivity contribution in [2.75, 3.05) is 7.05 Å². The summed E-state index contributed by atoms with van der Waals surface area (Å²) >= 11 is 0. The monoisotopic (exact) mass is 149 g/mol. The summed E-state index contributed by atoms with van der Waals surface area (Å²) in [4.78, 5) is 3.75. The molecule has 0 fully saturated rings. The van der Waals surface area contributed by atoms with E-state index in [9.17, 15) is 0 Å². The average molecular weight is 149 g/mol. The van der Waals surface area contributed by atoms with Gasteiger partial charge in [-0.1, -0.05) is 16.7 Å². The third kappa shape index (κ3) is 1.70. The minimum Gasteiger partial charge on any atom is -0.255 e. The van der Waals surface area contributed by atoms with Crippen LogP contribution >= 0.6 is 0 Å². The molecule has 0 saturated carbocycles. The molecule has 0 atom stereocenters. The minimum atomic E-state index is 0.630.